The van der Waals surface area contributed by atoms with Gasteiger partial charge in [-0.1, -0.05) is 0 Å². The summed E-state index contributed by atoms with van der Waals surface area (Å²) in [5.74, 6) is -0.0746. The lowest BCUT2D eigenvalue weighted by Crippen LogP contribution is -2.07. The van der Waals surface area contributed by atoms with Crippen LogP contribution in [-0.4, -0.2) is 25.3 Å². The van der Waals surface area contributed by atoms with E-state index in [2.05, 4.69) is 26.1 Å². The number of hydrogen-bond acceptors (Lipinski definition) is 3. The van der Waals surface area contributed by atoms with E-state index in [0.717, 1.165) is 11.3 Å². The minimum atomic E-state index is -0.0746. The van der Waals surface area contributed by atoms with Gasteiger partial charge in [-0.2, -0.15) is 10.2 Å². The zero-order valence-electron chi connectivity index (χ0n) is 11.1. The van der Waals surface area contributed by atoms with Crippen LogP contribution in [0.3, 0.4) is 0 Å². The molecule has 0 aliphatic heterocycles. The van der Waals surface area contributed by atoms with Gasteiger partial charge < -0.3 is 0 Å². The first-order chi connectivity index (χ1) is 9.02. The van der Waals surface area contributed by atoms with Crippen molar-refractivity contribution in [3.05, 3.63) is 39.9 Å². The zero-order chi connectivity index (χ0) is 14.0. The van der Waals surface area contributed by atoms with Crippen molar-refractivity contribution in [2.75, 3.05) is 0 Å². The Morgan fingerprint density at radius 1 is 1.53 bits per heavy atom. The molecule has 6 heteroatoms. The van der Waals surface area contributed by atoms with Gasteiger partial charge in [-0.3, -0.25) is 14.2 Å². The number of carbonyl (C=O) groups is 1. The molecule has 2 aromatic rings. The summed E-state index contributed by atoms with van der Waals surface area (Å²) in [4.78, 5) is 12.2. The molecule has 5 nitrogen and oxygen atoms in total. The molecule has 0 N–H and O–H groups in total. The van der Waals surface area contributed by atoms with Gasteiger partial charge in [0, 0.05) is 25.4 Å². The predicted molar refractivity (Wildman–Crippen MR) is 76.9 cm³/mol. The van der Waals surface area contributed by atoms with E-state index in [9.17, 15) is 4.79 Å². The average Bonchev–Trinajstić information content (AvgIpc) is 2.89. The first-order valence-electron chi connectivity index (χ1n) is 5.97. The monoisotopic (exact) mass is 322 g/mol. The molecule has 0 saturated carbocycles. The number of carbonyl (C=O) groups excluding carboxylic acids is 1. The maximum absolute atomic E-state index is 12.2. The molecule has 0 saturated heterocycles. The molecule has 0 aliphatic carbocycles. The van der Waals surface area contributed by atoms with Crippen molar-refractivity contribution in [2.45, 2.75) is 20.4 Å². The van der Waals surface area contributed by atoms with Gasteiger partial charge in [0.25, 0.3) is 0 Å². The summed E-state index contributed by atoms with van der Waals surface area (Å²) in [7, 11) is 1.86. The minimum Gasteiger partial charge on any atom is -0.288 e. The third kappa shape index (κ3) is 2.84. The standard InChI is InChI=1S/C13H15BrN4O/c1-4-18-13(11(14)7-15-18)12(19)6-5-10-8-17(3)16-9(10)2/h5-8H,4H2,1-3H3/b6-5+. The van der Waals surface area contributed by atoms with Gasteiger partial charge in [0.1, 0.15) is 5.69 Å². The summed E-state index contributed by atoms with van der Waals surface area (Å²) in [5, 5.41) is 8.36. The van der Waals surface area contributed by atoms with E-state index in [1.54, 1.807) is 27.7 Å². The van der Waals surface area contributed by atoms with E-state index in [1.807, 2.05) is 27.1 Å². The molecule has 19 heavy (non-hydrogen) atoms. The molecule has 0 spiro atoms. The number of aromatic nitrogens is 4. The van der Waals surface area contributed by atoms with Gasteiger partial charge in [0.2, 0.25) is 5.78 Å². The van der Waals surface area contributed by atoms with Crippen LogP contribution in [0.1, 0.15) is 28.7 Å². The van der Waals surface area contributed by atoms with Gasteiger partial charge >= 0.3 is 0 Å². The van der Waals surface area contributed by atoms with Crippen LogP contribution in [0.15, 0.2) is 22.9 Å². The Morgan fingerprint density at radius 3 is 2.84 bits per heavy atom. The highest BCUT2D eigenvalue weighted by atomic mass is 79.9. The summed E-state index contributed by atoms with van der Waals surface area (Å²) in [6.07, 6.45) is 6.85. The molecular formula is C13H15BrN4O. The number of halogens is 1. The van der Waals surface area contributed by atoms with Crippen LogP contribution < -0.4 is 0 Å². The van der Waals surface area contributed by atoms with Gasteiger partial charge in [-0.05, 0) is 41.9 Å². The lowest BCUT2D eigenvalue weighted by molar-refractivity contribution is 0.103. The molecule has 0 unspecified atom stereocenters. The smallest absolute Gasteiger partial charge is 0.205 e. The summed E-state index contributed by atoms with van der Waals surface area (Å²) < 4.78 is 4.12. The van der Waals surface area contributed by atoms with Crippen LogP contribution in [0.4, 0.5) is 0 Å². The number of ketones is 1. The second-order valence-corrected chi connectivity index (χ2v) is 5.05. The number of aryl methyl sites for hydroxylation is 3. The maximum Gasteiger partial charge on any atom is 0.205 e. The summed E-state index contributed by atoms with van der Waals surface area (Å²) >= 11 is 3.35. The lowest BCUT2D eigenvalue weighted by Gasteiger charge is -2.01. The largest absolute Gasteiger partial charge is 0.288 e. The van der Waals surface area contributed by atoms with Crippen LogP contribution >= 0.6 is 15.9 Å². The number of hydrogen-bond donors (Lipinski definition) is 0. The van der Waals surface area contributed by atoms with Crippen LogP contribution in [0, 0.1) is 6.92 Å². The Kier molecular flexibility index (Phi) is 3.99. The topological polar surface area (TPSA) is 52.7 Å². The van der Waals surface area contributed by atoms with Crippen LogP contribution in [0.2, 0.25) is 0 Å². The van der Waals surface area contributed by atoms with Gasteiger partial charge in [-0.25, -0.2) is 0 Å². The molecule has 0 aliphatic rings. The fraction of sp³-hybridized carbons (Fsp3) is 0.308. The normalized spacial score (nSPS) is 11.4. The highest BCUT2D eigenvalue weighted by Gasteiger charge is 2.13. The van der Waals surface area contributed by atoms with Crippen LogP contribution in [0.5, 0.6) is 0 Å². The molecule has 0 radical (unpaired) electrons. The third-order valence-corrected chi connectivity index (χ3v) is 3.37. The van der Waals surface area contributed by atoms with E-state index in [1.165, 1.54) is 0 Å². The predicted octanol–water partition coefficient (Wildman–Crippen LogP) is 2.60. The van der Waals surface area contributed by atoms with Crippen molar-refractivity contribution in [3.8, 4) is 0 Å². The molecule has 0 fully saturated rings. The molecule has 2 rings (SSSR count). The summed E-state index contributed by atoms with van der Waals surface area (Å²) in [5.41, 5.74) is 2.41. The molecule has 100 valence electrons. The molecule has 0 atom stereocenters. The van der Waals surface area contributed by atoms with Crippen LogP contribution in [-0.2, 0) is 13.6 Å². The van der Waals surface area contributed by atoms with Gasteiger partial charge in [0.05, 0.1) is 16.4 Å². The quantitative estimate of drug-likeness (QED) is 0.642. The summed E-state index contributed by atoms with van der Waals surface area (Å²) in [6, 6.07) is 0. The van der Waals surface area contributed by atoms with Crippen molar-refractivity contribution in [2.24, 2.45) is 7.05 Å². The minimum absolute atomic E-state index is 0.0746. The SMILES string of the molecule is CCn1ncc(Br)c1C(=O)/C=C/c1cn(C)nc1C. The number of allylic oxidation sites excluding steroid dienone is 1. The number of nitrogens with zero attached hydrogens (tertiary/aromatic N) is 4. The lowest BCUT2D eigenvalue weighted by atomic mass is 10.2. The van der Waals surface area contributed by atoms with E-state index in [0.29, 0.717) is 16.7 Å². The highest BCUT2D eigenvalue weighted by molar-refractivity contribution is 9.10. The van der Waals surface area contributed by atoms with Crippen molar-refractivity contribution >= 4 is 27.8 Å². The first-order valence-corrected chi connectivity index (χ1v) is 6.76. The molecule has 2 aromatic heterocycles. The average molecular weight is 323 g/mol. The van der Waals surface area contributed by atoms with Crippen molar-refractivity contribution in [1.82, 2.24) is 19.6 Å². The Labute approximate surface area is 120 Å². The van der Waals surface area contributed by atoms with E-state index < -0.39 is 0 Å². The van der Waals surface area contributed by atoms with Crippen molar-refractivity contribution in [3.63, 3.8) is 0 Å². The first kappa shape index (κ1) is 13.7. The molecule has 0 aromatic carbocycles. The van der Waals surface area contributed by atoms with Crippen molar-refractivity contribution < 1.29 is 4.79 Å². The summed E-state index contributed by atoms with van der Waals surface area (Å²) in [6.45, 7) is 4.52. The van der Waals surface area contributed by atoms with E-state index in [4.69, 9.17) is 0 Å². The molecule has 2 heterocycles. The Balaban J connectivity index is 2.26. The van der Waals surface area contributed by atoms with Crippen LogP contribution in [0.25, 0.3) is 6.08 Å². The Morgan fingerprint density at radius 2 is 2.26 bits per heavy atom. The fourth-order valence-corrected chi connectivity index (χ4v) is 2.36. The zero-order valence-corrected chi connectivity index (χ0v) is 12.7. The molecular weight excluding hydrogens is 308 g/mol. The second-order valence-electron chi connectivity index (χ2n) is 4.20. The highest BCUT2D eigenvalue weighted by Crippen LogP contribution is 2.17. The number of rotatable bonds is 4. The Bertz CT molecular complexity index is 639. The maximum atomic E-state index is 12.2. The Hall–Kier alpha value is -1.69. The fourth-order valence-electron chi connectivity index (χ4n) is 1.87. The van der Waals surface area contributed by atoms with E-state index in [-0.39, 0.29) is 5.78 Å². The third-order valence-electron chi connectivity index (χ3n) is 2.79. The van der Waals surface area contributed by atoms with Gasteiger partial charge in [-0.15, -0.1) is 0 Å². The van der Waals surface area contributed by atoms with Gasteiger partial charge in [0.15, 0.2) is 0 Å². The second kappa shape index (κ2) is 5.52. The molecule has 0 amide bonds. The van der Waals surface area contributed by atoms with E-state index >= 15 is 0 Å². The molecule has 0 bridgehead atoms. The van der Waals surface area contributed by atoms with Crippen molar-refractivity contribution in [1.29, 1.82) is 0 Å².